The van der Waals surface area contributed by atoms with Crippen molar-refractivity contribution in [2.45, 2.75) is 68.3 Å². The summed E-state index contributed by atoms with van der Waals surface area (Å²) in [5.74, 6) is 0. The molecule has 2 saturated heterocycles. The average molecular weight is 326 g/mol. The molecule has 2 rings (SSSR count). The largest absolute Gasteiger partial charge is 0.394 e. The maximum absolute atomic E-state index is 9.83. The van der Waals surface area contributed by atoms with Gasteiger partial charge in [-0.1, -0.05) is 0 Å². The third kappa shape index (κ3) is 3.26. The minimum atomic E-state index is -1.66. The Labute approximate surface area is 126 Å². The second-order valence-corrected chi connectivity index (χ2v) is 5.51. The van der Waals surface area contributed by atoms with Gasteiger partial charge in [0.25, 0.3) is 0 Å². The van der Waals surface area contributed by atoms with Crippen molar-refractivity contribution in [1.82, 2.24) is 0 Å². The fraction of sp³-hybridized carbons (Fsp3) is 1.00. The van der Waals surface area contributed by atoms with E-state index in [9.17, 15) is 30.6 Å². The van der Waals surface area contributed by atoms with Crippen LogP contribution in [-0.2, 0) is 14.2 Å². The van der Waals surface area contributed by atoms with Gasteiger partial charge >= 0.3 is 0 Å². The van der Waals surface area contributed by atoms with Crippen LogP contribution in [0.5, 0.6) is 0 Å². The third-order valence-electron chi connectivity index (χ3n) is 3.93. The molecule has 2 aliphatic heterocycles. The van der Waals surface area contributed by atoms with Crippen LogP contribution in [0, 0.1) is 0 Å². The molecule has 22 heavy (non-hydrogen) atoms. The Morgan fingerprint density at radius 2 is 1.23 bits per heavy atom. The van der Waals surface area contributed by atoms with Crippen LogP contribution in [0.25, 0.3) is 0 Å². The summed E-state index contributed by atoms with van der Waals surface area (Å²) in [6.45, 7) is 0.819. The summed E-state index contributed by atoms with van der Waals surface area (Å²) in [5.41, 5.74) is 0. The average Bonchev–Trinajstić information content (AvgIpc) is 2.50. The van der Waals surface area contributed by atoms with Gasteiger partial charge in [-0.2, -0.15) is 0 Å². The van der Waals surface area contributed by atoms with Gasteiger partial charge in [-0.15, -0.1) is 0 Å². The quantitative estimate of drug-likeness (QED) is 0.269. The summed E-state index contributed by atoms with van der Waals surface area (Å²) in [7, 11) is 0. The predicted molar refractivity (Wildman–Crippen MR) is 67.2 cm³/mol. The zero-order valence-corrected chi connectivity index (χ0v) is 11.8. The number of aliphatic hydroxyl groups excluding tert-OH is 7. The van der Waals surface area contributed by atoms with Crippen LogP contribution in [0.2, 0.25) is 0 Å². The molecular formula is C12H22O10. The number of hydrogen-bond acceptors (Lipinski definition) is 10. The van der Waals surface area contributed by atoms with Gasteiger partial charge in [-0.25, -0.2) is 0 Å². The van der Waals surface area contributed by atoms with Crippen molar-refractivity contribution >= 4 is 0 Å². The van der Waals surface area contributed by atoms with Gasteiger partial charge in [-0.05, 0) is 6.92 Å². The minimum Gasteiger partial charge on any atom is -0.394 e. The SMILES string of the molecule is C[C@H]1O[C@@H](OC2OC(CO)C(O)C(O)C2O)[C@@H](O)[C@@H](O)[C@@H]1O. The molecule has 2 aliphatic rings. The van der Waals surface area contributed by atoms with Gasteiger partial charge in [0.15, 0.2) is 12.6 Å². The molecule has 7 N–H and O–H groups in total. The van der Waals surface area contributed by atoms with Gasteiger partial charge in [0.1, 0.15) is 42.7 Å². The molecule has 0 saturated carbocycles. The molecule has 10 nitrogen and oxygen atoms in total. The Kier molecular flexibility index (Phi) is 5.72. The molecule has 2 fully saturated rings. The maximum atomic E-state index is 9.83. The Balaban J connectivity index is 2.05. The first-order valence-corrected chi connectivity index (χ1v) is 6.93. The standard InChI is InChI=1S/C12H22O10/c1-3-5(14)7(16)9(18)11(20-3)22-12-10(19)8(17)6(15)4(2-13)21-12/h3-19H,2H2,1H3/t3-,4?,5-,6?,7+,8?,9+,10?,11+,12?/m1/s1. The van der Waals surface area contributed by atoms with Crippen LogP contribution in [0.3, 0.4) is 0 Å². The smallest absolute Gasteiger partial charge is 0.189 e. The van der Waals surface area contributed by atoms with Crippen molar-refractivity contribution in [2.75, 3.05) is 6.61 Å². The highest BCUT2D eigenvalue weighted by atomic mass is 16.8. The van der Waals surface area contributed by atoms with Crippen molar-refractivity contribution in [1.29, 1.82) is 0 Å². The van der Waals surface area contributed by atoms with Gasteiger partial charge in [0.05, 0.1) is 12.7 Å². The number of aliphatic hydroxyl groups is 7. The van der Waals surface area contributed by atoms with E-state index in [0.717, 1.165) is 0 Å². The fourth-order valence-corrected chi connectivity index (χ4v) is 2.44. The Hall–Kier alpha value is -0.400. The highest BCUT2D eigenvalue weighted by Gasteiger charge is 2.48. The van der Waals surface area contributed by atoms with Gasteiger partial charge < -0.3 is 50.0 Å². The molecule has 0 amide bonds. The highest BCUT2D eigenvalue weighted by molar-refractivity contribution is 4.91. The molecule has 0 aromatic heterocycles. The lowest BCUT2D eigenvalue weighted by Gasteiger charge is -2.44. The minimum absolute atomic E-state index is 0.628. The number of ether oxygens (including phenoxy) is 3. The molecule has 130 valence electrons. The number of rotatable bonds is 3. The predicted octanol–water partition coefficient (Wildman–Crippen LogP) is -4.37. The Bertz CT molecular complexity index is 366. The molecule has 0 bridgehead atoms. The van der Waals surface area contributed by atoms with Gasteiger partial charge in [-0.3, -0.25) is 0 Å². The van der Waals surface area contributed by atoms with Gasteiger partial charge in [0, 0.05) is 0 Å². The second-order valence-electron chi connectivity index (χ2n) is 5.51. The van der Waals surface area contributed by atoms with Crippen LogP contribution in [0.15, 0.2) is 0 Å². The summed E-state index contributed by atoms with van der Waals surface area (Å²) in [5, 5.41) is 67.3. The van der Waals surface area contributed by atoms with E-state index in [1.807, 2.05) is 0 Å². The molecule has 0 spiro atoms. The second kappa shape index (κ2) is 7.01. The zero-order valence-electron chi connectivity index (χ0n) is 11.8. The summed E-state index contributed by atoms with van der Waals surface area (Å²) in [6.07, 6.45) is -14.3. The summed E-state index contributed by atoms with van der Waals surface area (Å²) in [4.78, 5) is 0. The van der Waals surface area contributed by atoms with Crippen molar-refractivity contribution in [3.63, 3.8) is 0 Å². The summed E-state index contributed by atoms with van der Waals surface area (Å²) < 4.78 is 15.5. The molecule has 10 heteroatoms. The van der Waals surface area contributed by atoms with E-state index in [2.05, 4.69) is 0 Å². The first-order valence-electron chi connectivity index (χ1n) is 6.93. The molecule has 5 unspecified atom stereocenters. The van der Waals surface area contributed by atoms with E-state index in [-0.39, 0.29) is 0 Å². The lowest BCUT2D eigenvalue weighted by molar-refractivity contribution is -0.373. The van der Waals surface area contributed by atoms with E-state index in [1.165, 1.54) is 6.92 Å². The molecule has 10 atom stereocenters. The first-order chi connectivity index (χ1) is 10.3. The maximum Gasteiger partial charge on any atom is 0.189 e. The molecule has 0 aromatic rings. The van der Waals surface area contributed by atoms with Crippen molar-refractivity contribution in [3.05, 3.63) is 0 Å². The highest BCUT2D eigenvalue weighted by Crippen LogP contribution is 2.27. The van der Waals surface area contributed by atoms with E-state index in [4.69, 9.17) is 19.3 Å². The van der Waals surface area contributed by atoms with Crippen LogP contribution < -0.4 is 0 Å². The molecular weight excluding hydrogens is 304 g/mol. The summed E-state index contributed by atoms with van der Waals surface area (Å²) in [6, 6.07) is 0. The van der Waals surface area contributed by atoms with E-state index >= 15 is 0 Å². The molecule has 0 radical (unpaired) electrons. The Morgan fingerprint density at radius 1 is 0.727 bits per heavy atom. The monoisotopic (exact) mass is 326 g/mol. The third-order valence-corrected chi connectivity index (χ3v) is 3.93. The van der Waals surface area contributed by atoms with Crippen LogP contribution in [0.4, 0.5) is 0 Å². The molecule has 0 aromatic carbocycles. The molecule has 0 aliphatic carbocycles. The fourth-order valence-electron chi connectivity index (χ4n) is 2.44. The van der Waals surface area contributed by atoms with Crippen LogP contribution in [0.1, 0.15) is 6.92 Å². The van der Waals surface area contributed by atoms with Crippen LogP contribution in [-0.4, -0.2) is 104 Å². The lowest BCUT2D eigenvalue weighted by Crippen LogP contribution is -2.63. The van der Waals surface area contributed by atoms with Crippen molar-refractivity contribution < 1.29 is 50.0 Å². The van der Waals surface area contributed by atoms with Crippen molar-refractivity contribution in [2.24, 2.45) is 0 Å². The van der Waals surface area contributed by atoms with Gasteiger partial charge in [0.2, 0.25) is 0 Å². The molecule has 2 heterocycles. The van der Waals surface area contributed by atoms with Crippen LogP contribution >= 0.6 is 0 Å². The van der Waals surface area contributed by atoms with Crippen molar-refractivity contribution in [3.8, 4) is 0 Å². The Morgan fingerprint density at radius 3 is 1.77 bits per heavy atom. The number of hydrogen-bond donors (Lipinski definition) is 7. The van der Waals surface area contributed by atoms with E-state index in [1.54, 1.807) is 0 Å². The topological polar surface area (TPSA) is 169 Å². The first kappa shape index (κ1) is 17.9. The lowest BCUT2D eigenvalue weighted by atomic mass is 9.98. The van der Waals surface area contributed by atoms with E-state index < -0.39 is 68.0 Å². The van der Waals surface area contributed by atoms with E-state index in [0.29, 0.717) is 0 Å². The zero-order chi connectivity index (χ0) is 16.6. The summed E-state index contributed by atoms with van der Waals surface area (Å²) >= 11 is 0. The normalized spacial score (nSPS) is 53.5.